The van der Waals surface area contributed by atoms with Crippen LogP contribution < -0.4 is 10.2 Å². The minimum atomic E-state index is -0.156. The molecule has 0 unspecified atom stereocenters. The Labute approximate surface area is 164 Å². The molecule has 144 valence electrons. The Morgan fingerprint density at radius 1 is 1.21 bits per heavy atom. The third-order valence-corrected chi connectivity index (χ3v) is 5.13. The smallest absolute Gasteiger partial charge is 0.255 e. The Balaban J connectivity index is 1.54. The van der Waals surface area contributed by atoms with Gasteiger partial charge in [0.1, 0.15) is 12.0 Å². The Hall–Kier alpha value is -3.22. The zero-order valence-electron chi connectivity index (χ0n) is 16.2. The van der Waals surface area contributed by atoms with E-state index in [1.807, 2.05) is 31.3 Å². The van der Waals surface area contributed by atoms with Crippen LogP contribution in [0.4, 0.5) is 11.4 Å². The third-order valence-electron chi connectivity index (χ3n) is 5.13. The number of nitrogens with one attached hydrogen (secondary N) is 1. The maximum atomic E-state index is 12.5. The summed E-state index contributed by atoms with van der Waals surface area (Å²) in [6.07, 6.45) is 9.10. The molecular weight excluding hydrogens is 352 g/mol. The van der Waals surface area contributed by atoms with Crippen molar-refractivity contribution in [2.24, 2.45) is 5.92 Å². The second-order valence-electron chi connectivity index (χ2n) is 7.40. The van der Waals surface area contributed by atoms with E-state index in [1.54, 1.807) is 23.1 Å². The minimum Gasteiger partial charge on any atom is -0.367 e. The van der Waals surface area contributed by atoms with E-state index in [4.69, 9.17) is 0 Å². The van der Waals surface area contributed by atoms with Crippen LogP contribution in [-0.4, -0.2) is 38.7 Å². The van der Waals surface area contributed by atoms with Gasteiger partial charge in [-0.05, 0) is 37.8 Å². The number of aryl methyl sites for hydroxylation is 1. The van der Waals surface area contributed by atoms with Crippen LogP contribution in [0.15, 0.2) is 49.2 Å². The number of hydrogen-bond acceptors (Lipinski definition) is 5. The molecule has 0 spiro atoms. The molecule has 3 aromatic rings. The summed E-state index contributed by atoms with van der Waals surface area (Å²) >= 11 is 0. The Morgan fingerprint density at radius 2 is 2.04 bits per heavy atom. The number of amides is 1. The monoisotopic (exact) mass is 376 g/mol. The highest BCUT2D eigenvalue weighted by Gasteiger charge is 2.20. The van der Waals surface area contributed by atoms with Gasteiger partial charge in [-0.15, -0.1) is 0 Å². The topological polar surface area (TPSA) is 75.9 Å². The fourth-order valence-corrected chi connectivity index (χ4v) is 3.46. The van der Waals surface area contributed by atoms with E-state index in [0.717, 1.165) is 48.9 Å². The van der Waals surface area contributed by atoms with Crippen LogP contribution in [0, 0.1) is 12.8 Å². The normalized spacial score (nSPS) is 14.9. The highest BCUT2D eigenvalue weighted by molar-refractivity contribution is 6.04. The van der Waals surface area contributed by atoms with Gasteiger partial charge in [0.2, 0.25) is 0 Å². The van der Waals surface area contributed by atoms with Crippen molar-refractivity contribution in [3.05, 3.63) is 60.3 Å². The lowest BCUT2D eigenvalue weighted by Crippen LogP contribution is -2.33. The molecule has 1 aliphatic heterocycles. The molecule has 1 aliphatic rings. The Bertz CT molecular complexity index is 974. The predicted molar refractivity (Wildman–Crippen MR) is 109 cm³/mol. The van der Waals surface area contributed by atoms with Gasteiger partial charge in [0.05, 0.1) is 24.3 Å². The zero-order valence-corrected chi connectivity index (χ0v) is 16.2. The van der Waals surface area contributed by atoms with E-state index >= 15 is 0 Å². The lowest BCUT2D eigenvalue weighted by Gasteiger charge is -2.32. The first-order valence-corrected chi connectivity index (χ1v) is 9.58. The van der Waals surface area contributed by atoms with Crippen molar-refractivity contribution < 1.29 is 4.79 Å². The fourth-order valence-electron chi connectivity index (χ4n) is 3.46. The Morgan fingerprint density at radius 3 is 2.82 bits per heavy atom. The first kappa shape index (κ1) is 18.2. The molecular formula is C21H24N6O. The van der Waals surface area contributed by atoms with Gasteiger partial charge in [0, 0.05) is 18.7 Å². The standard InChI is InChI=1S/C21H24N6O/c1-15-6-8-26(9-7-15)19-12-22-14-23-20(19)27-13-18(11-24-27)25-21(28)17-5-3-4-16(2)10-17/h3-5,10-15H,6-9H2,1-2H3,(H,25,28). The summed E-state index contributed by atoms with van der Waals surface area (Å²) in [5.74, 6) is 1.31. The van der Waals surface area contributed by atoms with Gasteiger partial charge in [-0.3, -0.25) is 4.79 Å². The van der Waals surface area contributed by atoms with E-state index in [-0.39, 0.29) is 5.91 Å². The van der Waals surface area contributed by atoms with Gasteiger partial charge in [0.15, 0.2) is 5.82 Å². The van der Waals surface area contributed by atoms with Gasteiger partial charge >= 0.3 is 0 Å². The summed E-state index contributed by atoms with van der Waals surface area (Å²) in [6.45, 7) is 6.22. The third kappa shape index (κ3) is 3.88. The number of nitrogens with zero attached hydrogens (tertiary/aromatic N) is 5. The number of rotatable bonds is 4. The quantitative estimate of drug-likeness (QED) is 0.755. The van der Waals surface area contributed by atoms with Crippen molar-refractivity contribution in [3.63, 3.8) is 0 Å². The summed E-state index contributed by atoms with van der Waals surface area (Å²) in [5, 5.41) is 7.31. The van der Waals surface area contributed by atoms with Crippen LogP contribution in [-0.2, 0) is 0 Å². The van der Waals surface area contributed by atoms with Gasteiger partial charge in [-0.1, -0.05) is 24.6 Å². The van der Waals surface area contributed by atoms with E-state index in [9.17, 15) is 4.79 Å². The molecule has 7 nitrogen and oxygen atoms in total. The van der Waals surface area contributed by atoms with Gasteiger partial charge in [0.25, 0.3) is 5.91 Å². The second kappa shape index (κ2) is 7.80. The molecule has 3 heterocycles. The highest BCUT2D eigenvalue weighted by Crippen LogP contribution is 2.26. The van der Waals surface area contributed by atoms with Gasteiger partial charge in [-0.25, -0.2) is 14.6 Å². The Kier molecular flexibility index (Phi) is 5.06. The molecule has 0 bridgehead atoms. The molecule has 1 aromatic carbocycles. The maximum absolute atomic E-state index is 12.5. The number of hydrogen-bond donors (Lipinski definition) is 1. The van der Waals surface area contributed by atoms with Crippen LogP contribution in [0.25, 0.3) is 5.82 Å². The number of carbonyl (C=O) groups is 1. The molecule has 2 aromatic heterocycles. The minimum absolute atomic E-state index is 0.156. The fraction of sp³-hybridized carbons (Fsp3) is 0.333. The molecule has 1 fully saturated rings. The van der Waals surface area contributed by atoms with Gasteiger partial charge in [-0.2, -0.15) is 5.10 Å². The molecule has 4 rings (SSSR count). The molecule has 7 heteroatoms. The second-order valence-corrected chi connectivity index (χ2v) is 7.40. The number of carbonyl (C=O) groups excluding carboxylic acids is 1. The first-order valence-electron chi connectivity index (χ1n) is 9.58. The molecule has 28 heavy (non-hydrogen) atoms. The van der Waals surface area contributed by atoms with Crippen LogP contribution >= 0.6 is 0 Å². The number of anilines is 2. The van der Waals surface area contributed by atoms with Crippen molar-refractivity contribution in [1.29, 1.82) is 0 Å². The first-order chi connectivity index (χ1) is 13.6. The van der Waals surface area contributed by atoms with Crippen molar-refractivity contribution in [2.45, 2.75) is 26.7 Å². The summed E-state index contributed by atoms with van der Waals surface area (Å²) in [5.41, 5.74) is 3.26. The lowest BCUT2D eigenvalue weighted by atomic mass is 9.99. The molecule has 1 saturated heterocycles. The van der Waals surface area contributed by atoms with Crippen LogP contribution in [0.3, 0.4) is 0 Å². The van der Waals surface area contributed by atoms with Gasteiger partial charge < -0.3 is 10.2 Å². The van der Waals surface area contributed by atoms with E-state index < -0.39 is 0 Å². The number of benzene rings is 1. The molecule has 1 N–H and O–H groups in total. The SMILES string of the molecule is Cc1cccc(C(=O)Nc2cnn(-c3ncncc3N3CCC(C)CC3)c2)c1. The van der Waals surface area contributed by atoms with E-state index in [1.165, 1.54) is 6.33 Å². The average Bonchev–Trinajstić information content (AvgIpc) is 3.17. The van der Waals surface area contributed by atoms with Crippen molar-refractivity contribution in [1.82, 2.24) is 19.7 Å². The summed E-state index contributed by atoms with van der Waals surface area (Å²) < 4.78 is 1.70. The molecule has 0 atom stereocenters. The largest absolute Gasteiger partial charge is 0.367 e. The number of aromatic nitrogens is 4. The van der Waals surface area contributed by atoms with Crippen molar-refractivity contribution in [2.75, 3.05) is 23.3 Å². The zero-order chi connectivity index (χ0) is 19.5. The summed E-state index contributed by atoms with van der Waals surface area (Å²) in [7, 11) is 0. The van der Waals surface area contributed by atoms with Crippen LogP contribution in [0.1, 0.15) is 35.7 Å². The average molecular weight is 376 g/mol. The molecule has 0 radical (unpaired) electrons. The van der Waals surface area contributed by atoms with Crippen LogP contribution in [0.5, 0.6) is 0 Å². The van der Waals surface area contributed by atoms with E-state index in [0.29, 0.717) is 11.3 Å². The molecule has 0 aliphatic carbocycles. The number of piperidine rings is 1. The van der Waals surface area contributed by atoms with Crippen molar-refractivity contribution >= 4 is 17.3 Å². The lowest BCUT2D eigenvalue weighted by molar-refractivity contribution is 0.102. The predicted octanol–water partition coefficient (Wildman–Crippen LogP) is 3.46. The molecule has 0 saturated carbocycles. The molecule has 1 amide bonds. The highest BCUT2D eigenvalue weighted by atomic mass is 16.1. The summed E-state index contributed by atoms with van der Waals surface area (Å²) in [4.78, 5) is 23.4. The van der Waals surface area contributed by atoms with E-state index in [2.05, 4.69) is 32.2 Å². The van der Waals surface area contributed by atoms with Crippen molar-refractivity contribution in [3.8, 4) is 5.82 Å². The summed E-state index contributed by atoms with van der Waals surface area (Å²) in [6, 6.07) is 7.50. The maximum Gasteiger partial charge on any atom is 0.255 e. The van der Waals surface area contributed by atoms with Crippen LogP contribution in [0.2, 0.25) is 0 Å².